The van der Waals surface area contributed by atoms with Crippen LogP contribution in [0.5, 0.6) is 0 Å². The number of urea groups is 1. The van der Waals surface area contributed by atoms with E-state index in [2.05, 4.69) is 28.2 Å². The number of hydrogen-bond acceptors (Lipinski definition) is 3. The Hall–Kier alpha value is -2.86. The zero-order valence-corrected chi connectivity index (χ0v) is 16.4. The second-order valence-electron chi connectivity index (χ2n) is 7.37. The zero-order valence-electron chi connectivity index (χ0n) is 16.4. The van der Waals surface area contributed by atoms with Crippen molar-refractivity contribution in [2.75, 3.05) is 17.2 Å². The van der Waals surface area contributed by atoms with Crippen LogP contribution in [0.3, 0.4) is 0 Å². The highest BCUT2D eigenvalue weighted by molar-refractivity contribution is 5.99. The predicted octanol–water partition coefficient (Wildman–Crippen LogP) is 3.90. The fourth-order valence-corrected chi connectivity index (χ4v) is 3.45. The highest BCUT2D eigenvalue weighted by Crippen LogP contribution is 2.20. The number of anilines is 2. The average Bonchev–Trinajstić information content (AvgIpc) is 2.69. The van der Waals surface area contributed by atoms with Crippen molar-refractivity contribution in [1.82, 2.24) is 10.6 Å². The molecule has 3 atom stereocenters. The second kappa shape index (κ2) is 9.37. The number of hydrogen-bond donors (Lipinski definition) is 4. The van der Waals surface area contributed by atoms with Gasteiger partial charge in [0, 0.05) is 23.3 Å². The van der Waals surface area contributed by atoms with Crippen LogP contribution in [0.4, 0.5) is 16.2 Å². The smallest absolute Gasteiger partial charge is 0.323 e. The van der Waals surface area contributed by atoms with E-state index in [-0.39, 0.29) is 23.9 Å². The first kappa shape index (κ1) is 19.9. The molecule has 0 saturated carbocycles. The third-order valence-corrected chi connectivity index (χ3v) is 5.05. The molecule has 1 unspecified atom stereocenters. The topological polar surface area (TPSA) is 82.3 Å². The summed E-state index contributed by atoms with van der Waals surface area (Å²) in [6.45, 7) is 4.98. The molecule has 2 aromatic carbocycles. The summed E-state index contributed by atoms with van der Waals surface area (Å²) in [4.78, 5) is 24.6. The summed E-state index contributed by atoms with van der Waals surface area (Å²) in [6.07, 6.45) is 1.75. The molecule has 6 nitrogen and oxygen atoms in total. The molecule has 0 aromatic heterocycles. The standard InChI is InChI=1S/C22H28N4O2/c1-15-14-18(12-13-23-15)21(27)24-16(2)17-8-10-20(11-9-17)26-22(28)25-19-6-4-3-5-7-19/h3-11,15-16,18,23H,12-14H2,1-2H3,(H,24,27)(H2,25,26,28)/t15-,16?,18-/m0/s1. The highest BCUT2D eigenvalue weighted by Gasteiger charge is 2.25. The first-order chi connectivity index (χ1) is 13.5. The minimum absolute atomic E-state index is 0.0707. The molecule has 1 aliphatic heterocycles. The van der Waals surface area contributed by atoms with Gasteiger partial charge < -0.3 is 21.3 Å². The molecule has 1 fully saturated rings. The molecule has 0 radical (unpaired) electrons. The maximum absolute atomic E-state index is 12.5. The van der Waals surface area contributed by atoms with E-state index in [0.717, 1.165) is 30.6 Å². The lowest BCUT2D eigenvalue weighted by molar-refractivity contribution is -0.126. The van der Waals surface area contributed by atoms with Crippen LogP contribution in [0.1, 0.15) is 38.3 Å². The number of piperidine rings is 1. The van der Waals surface area contributed by atoms with Gasteiger partial charge in [0.15, 0.2) is 0 Å². The third kappa shape index (κ3) is 5.57. The number of carbonyl (C=O) groups excluding carboxylic acids is 2. The molecular weight excluding hydrogens is 352 g/mol. The Morgan fingerprint density at radius 1 is 1.00 bits per heavy atom. The van der Waals surface area contributed by atoms with Gasteiger partial charge in [-0.15, -0.1) is 0 Å². The first-order valence-corrected chi connectivity index (χ1v) is 9.78. The fourth-order valence-electron chi connectivity index (χ4n) is 3.45. The average molecular weight is 380 g/mol. The number of benzene rings is 2. The molecule has 1 saturated heterocycles. The summed E-state index contributed by atoms with van der Waals surface area (Å²) in [5.41, 5.74) is 2.44. The monoisotopic (exact) mass is 380 g/mol. The lowest BCUT2D eigenvalue weighted by Gasteiger charge is -2.28. The van der Waals surface area contributed by atoms with Gasteiger partial charge in [0.2, 0.25) is 5.91 Å². The SMILES string of the molecule is CC(NC(=O)[C@H]1CCN[C@@H](C)C1)c1ccc(NC(=O)Nc2ccccc2)cc1. The Balaban J connectivity index is 1.51. The van der Waals surface area contributed by atoms with Crippen LogP contribution in [-0.4, -0.2) is 24.5 Å². The van der Waals surface area contributed by atoms with Crippen molar-refractivity contribution < 1.29 is 9.59 Å². The second-order valence-corrected chi connectivity index (χ2v) is 7.37. The predicted molar refractivity (Wildman–Crippen MR) is 112 cm³/mol. The van der Waals surface area contributed by atoms with E-state index in [4.69, 9.17) is 0 Å². The molecular formula is C22H28N4O2. The third-order valence-electron chi connectivity index (χ3n) is 5.05. The Morgan fingerprint density at radius 3 is 2.29 bits per heavy atom. The molecule has 4 N–H and O–H groups in total. The van der Waals surface area contributed by atoms with Crippen molar-refractivity contribution in [2.45, 2.75) is 38.8 Å². The van der Waals surface area contributed by atoms with E-state index in [0.29, 0.717) is 11.7 Å². The van der Waals surface area contributed by atoms with E-state index in [1.165, 1.54) is 0 Å². The van der Waals surface area contributed by atoms with Crippen LogP contribution in [0.25, 0.3) is 0 Å². The van der Waals surface area contributed by atoms with Gasteiger partial charge in [0.05, 0.1) is 6.04 Å². The minimum Gasteiger partial charge on any atom is -0.349 e. The molecule has 0 aliphatic carbocycles. The molecule has 148 valence electrons. The molecule has 3 rings (SSSR count). The Bertz CT molecular complexity index is 792. The van der Waals surface area contributed by atoms with Crippen molar-refractivity contribution in [2.24, 2.45) is 5.92 Å². The number of nitrogens with one attached hydrogen (secondary N) is 4. The van der Waals surface area contributed by atoms with Crippen molar-refractivity contribution in [3.8, 4) is 0 Å². The number of para-hydroxylation sites is 1. The molecule has 0 bridgehead atoms. The van der Waals surface area contributed by atoms with Gasteiger partial charge in [-0.05, 0) is 63.1 Å². The molecule has 6 heteroatoms. The molecule has 0 spiro atoms. The summed E-state index contributed by atoms with van der Waals surface area (Å²) in [5.74, 6) is 0.187. The quantitative estimate of drug-likeness (QED) is 0.635. The lowest BCUT2D eigenvalue weighted by atomic mass is 9.92. The van der Waals surface area contributed by atoms with Gasteiger partial charge in [-0.25, -0.2) is 4.79 Å². The first-order valence-electron chi connectivity index (χ1n) is 9.78. The van der Waals surface area contributed by atoms with Crippen molar-refractivity contribution >= 4 is 23.3 Å². The number of carbonyl (C=O) groups is 2. The fraction of sp³-hybridized carbons (Fsp3) is 0.364. The molecule has 2 aromatic rings. The van der Waals surface area contributed by atoms with Crippen LogP contribution < -0.4 is 21.3 Å². The summed E-state index contributed by atoms with van der Waals surface area (Å²) < 4.78 is 0. The molecule has 1 heterocycles. The molecule has 3 amide bonds. The van der Waals surface area contributed by atoms with Crippen molar-refractivity contribution in [1.29, 1.82) is 0 Å². The van der Waals surface area contributed by atoms with Gasteiger partial charge in [-0.1, -0.05) is 30.3 Å². The van der Waals surface area contributed by atoms with Crippen LogP contribution in [0, 0.1) is 5.92 Å². The molecule has 28 heavy (non-hydrogen) atoms. The van der Waals surface area contributed by atoms with Gasteiger partial charge in [0.1, 0.15) is 0 Å². The van der Waals surface area contributed by atoms with Crippen LogP contribution in [0.2, 0.25) is 0 Å². The van der Waals surface area contributed by atoms with Crippen molar-refractivity contribution in [3.05, 3.63) is 60.2 Å². The highest BCUT2D eigenvalue weighted by atomic mass is 16.2. The minimum atomic E-state index is -0.291. The van der Waals surface area contributed by atoms with Crippen LogP contribution in [0.15, 0.2) is 54.6 Å². The molecule has 1 aliphatic rings. The van der Waals surface area contributed by atoms with E-state index in [1.54, 1.807) is 0 Å². The summed E-state index contributed by atoms with van der Waals surface area (Å²) >= 11 is 0. The van der Waals surface area contributed by atoms with Crippen LogP contribution >= 0.6 is 0 Å². The van der Waals surface area contributed by atoms with E-state index in [1.807, 2.05) is 61.5 Å². The van der Waals surface area contributed by atoms with E-state index >= 15 is 0 Å². The lowest BCUT2D eigenvalue weighted by Crippen LogP contribution is -2.42. The normalized spacial score (nSPS) is 20.1. The zero-order chi connectivity index (χ0) is 19.9. The van der Waals surface area contributed by atoms with Gasteiger partial charge in [0.25, 0.3) is 0 Å². The van der Waals surface area contributed by atoms with E-state index < -0.39 is 0 Å². The summed E-state index contributed by atoms with van der Waals surface area (Å²) in [6, 6.07) is 16.8. The maximum Gasteiger partial charge on any atom is 0.323 e. The number of amides is 3. The van der Waals surface area contributed by atoms with Crippen molar-refractivity contribution in [3.63, 3.8) is 0 Å². The largest absolute Gasteiger partial charge is 0.349 e. The summed E-state index contributed by atoms with van der Waals surface area (Å²) in [5, 5.41) is 12.1. The van der Waals surface area contributed by atoms with Gasteiger partial charge in [-0.3, -0.25) is 4.79 Å². The maximum atomic E-state index is 12.5. The summed E-state index contributed by atoms with van der Waals surface area (Å²) in [7, 11) is 0. The van der Waals surface area contributed by atoms with Crippen LogP contribution in [-0.2, 0) is 4.79 Å². The van der Waals surface area contributed by atoms with E-state index in [9.17, 15) is 9.59 Å². The number of rotatable bonds is 5. The van der Waals surface area contributed by atoms with Gasteiger partial charge >= 0.3 is 6.03 Å². The Morgan fingerprint density at radius 2 is 1.64 bits per heavy atom. The Labute approximate surface area is 166 Å². The Kier molecular flexibility index (Phi) is 6.66. The van der Waals surface area contributed by atoms with Gasteiger partial charge in [-0.2, -0.15) is 0 Å².